The van der Waals surface area contributed by atoms with Crippen LogP contribution in [0.15, 0.2) is 47.4 Å². The molecule has 0 saturated carbocycles. The van der Waals surface area contributed by atoms with Crippen LogP contribution in [0, 0.1) is 11.6 Å². The van der Waals surface area contributed by atoms with Crippen molar-refractivity contribution in [2.75, 3.05) is 19.6 Å². The van der Waals surface area contributed by atoms with Gasteiger partial charge in [0.1, 0.15) is 11.6 Å². The number of carbonyl (C=O) groups excluding carboxylic acids is 1. The summed E-state index contributed by atoms with van der Waals surface area (Å²) >= 11 is 0. The third kappa shape index (κ3) is 5.19. The Balaban J connectivity index is 2.25. The van der Waals surface area contributed by atoms with Crippen molar-refractivity contribution in [1.29, 1.82) is 0 Å². The number of hydrogen-bond acceptors (Lipinski definition) is 3. The van der Waals surface area contributed by atoms with Gasteiger partial charge in [0.25, 0.3) is 5.91 Å². The van der Waals surface area contributed by atoms with E-state index in [1.54, 1.807) is 26.0 Å². The normalized spacial score (nSPS) is 12.2. The molecular formula is C21H26F2N2O3S. The SMILES string of the molecule is CCN(CC)S(=O)(=O)c1ccc(F)c(C(=O)NCC(C)(C)c2cccc(F)c2)c1. The van der Waals surface area contributed by atoms with Crippen LogP contribution in [0.3, 0.4) is 0 Å². The Labute approximate surface area is 170 Å². The molecule has 0 spiro atoms. The third-order valence-electron chi connectivity index (χ3n) is 4.82. The molecule has 0 aromatic heterocycles. The number of hydrogen-bond donors (Lipinski definition) is 1. The molecule has 0 aliphatic rings. The minimum Gasteiger partial charge on any atom is -0.351 e. The summed E-state index contributed by atoms with van der Waals surface area (Å²) < 4.78 is 54.3. The molecule has 1 amide bonds. The van der Waals surface area contributed by atoms with E-state index in [2.05, 4.69) is 5.32 Å². The summed E-state index contributed by atoms with van der Waals surface area (Å²) in [6.07, 6.45) is 0. The largest absolute Gasteiger partial charge is 0.351 e. The highest BCUT2D eigenvalue weighted by atomic mass is 32.2. The van der Waals surface area contributed by atoms with Gasteiger partial charge in [-0.25, -0.2) is 17.2 Å². The zero-order valence-electron chi connectivity index (χ0n) is 17.0. The van der Waals surface area contributed by atoms with Gasteiger partial charge in [-0.15, -0.1) is 0 Å². The monoisotopic (exact) mass is 424 g/mol. The molecule has 5 nitrogen and oxygen atoms in total. The molecule has 0 fully saturated rings. The number of rotatable bonds is 8. The van der Waals surface area contributed by atoms with Gasteiger partial charge in [-0.05, 0) is 35.9 Å². The van der Waals surface area contributed by atoms with E-state index < -0.39 is 27.2 Å². The van der Waals surface area contributed by atoms with E-state index >= 15 is 0 Å². The first kappa shape index (κ1) is 23.0. The summed E-state index contributed by atoms with van der Waals surface area (Å²) in [6, 6.07) is 9.20. The highest BCUT2D eigenvalue weighted by Crippen LogP contribution is 2.24. The second kappa shape index (κ2) is 9.00. The first-order valence-corrected chi connectivity index (χ1v) is 10.8. The predicted octanol–water partition coefficient (Wildman–Crippen LogP) is 3.70. The third-order valence-corrected chi connectivity index (χ3v) is 6.87. The number of nitrogens with one attached hydrogen (secondary N) is 1. The van der Waals surface area contributed by atoms with Crippen LogP contribution in [0.5, 0.6) is 0 Å². The van der Waals surface area contributed by atoms with E-state index in [4.69, 9.17) is 0 Å². The Kier molecular flexibility index (Phi) is 7.13. The topological polar surface area (TPSA) is 66.5 Å². The van der Waals surface area contributed by atoms with Gasteiger partial charge < -0.3 is 5.32 Å². The van der Waals surface area contributed by atoms with E-state index in [0.717, 1.165) is 18.2 Å². The fraction of sp³-hybridized carbons (Fsp3) is 0.381. The van der Waals surface area contributed by atoms with Crippen molar-refractivity contribution in [3.63, 3.8) is 0 Å². The summed E-state index contributed by atoms with van der Waals surface area (Å²) in [5.41, 5.74) is -0.288. The fourth-order valence-corrected chi connectivity index (χ4v) is 4.44. The summed E-state index contributed by atoms with van der Waals surface area (Å²) in [7, 11) is -3.82. The van der Waals surface area contributed by atoms with Gasteiger partial charge in [0.15, 0.2) is 0 Å². The van der Waals surface area contributed by atoms with Gasteiger partial charge in [-0.3, -0.25) is 4.79 Å². The van der Waals surface area contributed by atoms with Crippen LogP contribution in [-0.4, -0.2) is 38.3 Å². The molecule has 158 valence electrons. The molecule has 0 bridgehead atoms. The van der Waals surface area contributed by atoms with Gasteiger partial charge >= 0.3 is 0 Å². The van der Waals surface area contributed by atoms with Gasteiger partial charge in [0, 0.05) is 25.0 Å². The van der Waals surface area contributed by atoms with Crippen molar-refractivity contribution in [2.45, 2.75) is 38.0 Å². The Bertz CT molecular complexity index is 987. The van der Waals surface area contributed by atoms with Gasteiger partial charge in [-0.1, -0.05) is 39.8 Å². The minimum absolute atomic E-state index is 0.113. The molecule has 8 heteroatoms. The van der Waals surface area contributed by atoms with E-state index in [1.165, 1.54) is 16.4 Å². The first-order chi connectivity index (χ1) is 13.5. The van der Waals surface area contributed by atoms with Crippen molar-refractivity contribution in [2.24, 2.45) is 0 Å². The summed E-state index contributed by atoms with van der Waals surface area (Å²) in [5.74, 6) is -1.93. The molecule has 29 heavy (non-hydrogen) atoms. The lowest BCUT2D eigenvalue weighted by Crippen LogP contribution is -2.37. The molecule has 2 aromatic carbocycles. The molecule has 0 aliphatic heterocycles. The summed E-state index contributed by atoms with van der Waals surface area (Å²) in [5, 5.41) is 2.62. The summed E-state index contributed by atoms with van der Waals surface area (Å²) in [6.45, 7) is 7.68. The molecule has 0 unspecified atom stereocenters. The van der Waals surface area contributed by atoms with Crippen molar-refractivity contribution >= 4 is 15.9 Å². The summed E-state index contributed by atoms with van der Waals surface area (Å²) in [4.78, 5) is 12.4. The lowest BCUT2D eigenvalue weighted by molar-refractivity contribution is 0.0941. The number of benzene rings is 2. The Morgan fingerprint density at radius 2 is 1.72 bits per heavy atom. The average Bonchev–Trinajstić information content (AvgIpc) is 2.67. The minimum atomic E-state index is -3.82. The molecule has 0 heterocycles. The maximum atomic E-state index is 14.3. The molecule has 0 radical (unpaired) electrons. The number of sulfonamides is 1. The zero-order valence-corrected chi connectivity index (χ0v) is 17.8. The molecule has 1 N–H and O–H groups in total. The fourth-order valence-electron chi connectivity index (χ4n) is 2.96. The van der Waals surface area contributed by atoms with Crippen molar-refractivity contribution in [3.8, 4) is 0 Å². The smallest absolute Gasteiger partial charge is 0.254 e. The van der Waals surface area contributed by atoms with Crippen LogP contribution in [0.4, 0.5) is 8.78 Å². The standard InChI is InChI=1S/C21H26F2N2O3S/c1-5-25(6-2)29(27,28)17-10-11-19(23)18(13-17)20(26)24-14-21(3,4)15-8-7-9-16(22)12-15/h7-13H,5-6,14H2,1-4H3,(H,24,26). The number of nitrogens with zero attached hydrogens (tertiary/aromatic N) is 1. The molecule has 0 atom stereocenters. The second-order valence-electron chi connectivity index (χ2n) is 7.31. The van der Waals surface area contributed by atoms with Crippen molar-refractivity contribution in [3.05, 3.63) is 65.2 Å². The quantitative estimate of drug-likeness (QED) is 0.703. The van der Waals surface area contributed by atoms with Crippen LogP contribution in [0.2, 0.25) is 0 Å². The Hall–Kier alpha value is -2.32. The van der Waals surface area contributed by atoms with E-state index in [0.29, 0.717) is 5.56 Å². The Morgan fingerprint density at radius 1 is 1.07 bits per heavy atom. The lowest BCUT2D eigenvalue weighted by Gasteiger charge is -2.26. The lowest BCUT2D eigenvalue weighted by atomic mass is 9.84. The maximum absolute atomic E-state index is 14.3. The van der Waals surface area contributed by atoms with E-state index in [9.17, 15) is 22.0 Å². The number of amides is 1. The van der Waals surface area contributed by atoms with E-state index in [1.807, 2.05) is 13.8 Å². The average molecular weight is 425 g/mol. The van der Waals surface area contributed by atoms with Crippen LogP contribution in [0.1, 0.15) is 43.6 Å². The Morgan fingerprint density at radius 3 is 2.31 bits per heavy atom. The number of carbonyl (C=O) groups is 1. The highest BCUT2D eigenvalue weighted by Gasteiger charge is 2.26. The van der Waals surface area contributed by atoms with Crippen molar-refractivity contribution < 1.29 is 22.0 Å². The van der Waals surface area contributed by atoms with Gasteiger partial charge in [-0.2, -0.15) is 4.31 Å². The second-order valence-corrected chi connectivity index (χ2v) is 9.25. The molecule has 2 rings (SSSR count). The maximum Gasteiger partial charge on any atom is 0.254 e. The highest BCUT2D eigenvalue weighted by molar-refractivity contribution is 7.89. The van der Waals surface area contributed by atoms with Crippen LogP contribution < -0.4 is 5.32 Å². The molecule has 2 aromatic rings. The van der Waals surface area contributed by atoms with Crippen LogP contribution in [0.25, 0.3) is 0 Å². The van der Waals surface area contributed by atoms with Gasteiger partial charge in [0.05, 0.1) is 10.5 Å². The molecular weight excluding hydrogens is 398 g/mol. The van der Waals surface area contributed by atoms with Crippen molar-refractivity contribution in [1.82, 2.24) is 9.62 Å². The van der Waals surface area contributed by atoms with E-state index in [-0.39, 0.29) is 35.9 Å². The predicted molar refractivity (Wildman–Crippen MR) is 108 cm³/mol. The zero-order chi connectivity index (χ0) is 21.8. The molecule has 0 saturated heterocycles. The van der Waals surface area contributed by atoms with Crippen LogP contribution in [-0.2, 0) is 15.4 Å². The van der Waals surface area contributed by atoms with Crippen LogP contribution >= 0.6 is 0 Å². The van der Waals surface area contributed by atoms with Gasteiger partial charge in [0.2, 0.25) is 10.0 Å². The molecule has 0 aliphatic carbocycles. The number of halogens is 2. The first-order valence-electron chi connectivity index (χ1n) is 9.37.